The van der Waals surface area contributed by atoms with Crippen molar-refractivity contribution >= 4 is 0 Å². The molecule has 13 heavy (non-hydrogen) atoms. The predicted octanol–water partition coefficient (Wildman–Crippen LogP) is 1.13. The van der Waals surface area contributed by atoms with Crippen molar-refractivity contribution in [1.29, 1.82) is 0 Å². The van der Waals surface area contributed by atoms with E-state index >= 15 is 0 Å². The Bertz CT molecular complexity index is 130. The molecule has 0 bridgehead atoms. The molecule has 0 aromatic heterocycles. The van der Waals surface area contributed by atoms with Crippen LogP contribution < -0.4 is 0 Å². The Labute approximate surface area is 81.0 Å². The molecule has 3 nitrogen and oxygen atoms in total. The van der Waals surface area contributed by atoms with Crippen LogP contribution in [0.3, 0.4) is 0 Å². The molecular weight excluding hydrogens is 166 g/mol. The van der Waals surface area contributed by atoms with Crippen molar-refractivity contribution in [2.45, 2.75) is 26.4 Å². The number of hydrogen-bond donors (Lipinski definition) is 0. The molecule has 3 heteroatoms. The molecule has 0 aromatic rings. The second-order valence-corrected chi connectivity index (χ2v) is 3.59. The molecule has 0 amide bonds. The van der Waals surface area contributed by atoms with Gasteiger partial charge in [0.25, 0.3) is 0 Å². The maximum Gasteiger partial charge on any atom is 0.0674 e. The molecule has 1 aliphatic rings. The first-order valence-electron chi connectivity index (χ1n) is 5.24. The Morgan fingerprint density at radius 2 is 2.31 bits per heavy atom. The molecule has 0 aromatic carbocycles. The minimum absolute atomic E-state index is 0.389. The fourth-order valence-electron chi connectivity index (χ4n) is 1.53. The van der Waals surface area contributed by atoms with Crippen LogP contribution in [0.4, 0.5) is 0 Å². The summed E-state index contributed by atoms with van der Waals surface area (Å²) in [5.74, 6) is 0. The number of rotatable bonds is 5. The number of ether oxygens (including phenoxy) is 2. The van der Waals surface area contributed by atoms with E-state index in [-0.39, 0.29) is 0 Å². The highest BCUT2D eigenvalue weighted by Crippen LogP contribution is 2.03. The van der Waals surface area contributed by atoms with E-state index in [1.54, 1.807) is 0 Å². The summed E-state index contributed by atoms with van der Waals surface area (Å²) in [6.45, 7) is 10.0. The minimum atomic E-state index is 0.389. The van der Waals surface area contributed by atoms with Gasteiger partial charge in [-0.2, -0.15) is 0 Å². The zero-order valence-electron chi connectivity index (χ0n) is 8.79. The second kappa shape index (κ2) is 6.35. The first kappa shape index (κ1) is 11.0. The molecule has 1 heterocycles. The van der Waals surface area contributed by atoms with E-state index in [4.69, 9.17) is 9.47 Å². The molecular formula is C10H21NO2. The van der Waals surface area contributed by atoms with Gasteiger partial charge >= 0.3 is 0 Å². The summed E-state index contributed by atoms with van der Waals surface area (Å²) < 4.78 is 10.9. The minimum Gasteiger partial charge on any atom is -0.380 e. The average Bonchev–Trinajstić information content (AvgIpc) is 2.13. The lowest BCUT2D eigenvalue weighted by atomic mass is 10.3. The fraction of sp³-hybridized carbons (Fsp3) is 1.00. The normalized spacial score (nSPS) is 24.9. The van der Waals surface area contributed by atoms with Crippen LogP contribution in [0.25, 0.3) is 0 Å². The Morgan fingerprint density at radius 3 is 3.00 bits per heavy atom. The standard InChI is InChI=1S/C10H21NO2/c1-3-6-12-7-4-11-5-8-13-10(2)9-11/h10H,3-9H2,1-2H3. The molecule has 78 valence electrons. The van der Waals surface area contributed by atoms with E-state index in [1.165, 1.54) is 0 Å². The van der Waals surface area contributed by atoms with Crippen molar-refractivity contribution in [3.63, 3.8) is 0 Å². The topological polar surface area (TPSA) is 21.7 Å². The summed E-state index contributed by atoms with van der Waals surface area (Å²) in [7, 11) is 0. The van der Waals surface area contributed by atoms with Crippen LogP contribution in [0.15, 0.2) is 0 Å². The first-order valence-corrected chi connectivity index (χ1v) is 5.24. The summed E-state index contributed by atoms with van der Waals surface area (Å²) in [4.78, 5) is 2.41. The van der Waals surface area contributed by atoms with Crippen LogP contribution in [0.2, 0.25) is 0 Å². The van der Waals surface area contributed by atoms with E-state index in [0.29, 0.717) is 6.10 Å². The van der Waals surface area contributed by atoms with Crippen molar-refractivity contribution in [3.05, 3.63) is 0 Å². The van der Waals surface area contributed by atoms with Crippen molar-refractivity contribution in [2.75, 3.05) is 39.5 Å². The maximum absolute atomic E-state index is 5.45. The first-order chi connectivity index (χ1) is 6.33. The average molecular weight is 187 g/mol. The molecule has 0 N–H and O–H groups in total. The maximum atomic E-state index is 5.45. The van der Waals surface area contributed by atoms with Gasteiger partial charge in [0.2, 0.25) is 0 Å². The van der Waals surface area contributed by atoms with Gasteiger partial charge in [-0.25, -0.2) is 0 Å². The zero-order chi connectivity index (χ0) is 9.52. The lowest BCUT2D eigenvalue weighted by Gasteiger charge is -2.30. The molecule has 1 atom stereocenters. The van der Waals surface area contributed by atoms with Crippen LogP contribution in [-0.4, -0.2) is 50.5 Å². The van der Waals surface area contributed by atoms with E-state index in [0.717, 1.165) is 45.9 Å². The fourth-order valence-corrected chi connectivity index (χ4v) is 1.53. The Hall–Kier alpha value is -0.120. The third-order valence-corrected chi connectivity index (χ3v) is 2.23. The van der Waals surface area contributed by atoms with E-state index in [1.807, 2.05) is 0 Å². The smallest absolute Gasteiger partial charge is 0.0674 e. The third-order valence-electron chi connectivity index (χ3n) is 2.23. The summed E-state index contributed by atoms with van der Waals surface area (Å²) in [6, 6.07) is 0. The quantitative estimate of drug-likeness (QED) is 0.602. The molecule has 0 spiro atoms. The van der Waals surface area contributed by atoms with E-state index < -0.39 is 0 Å². The summed E-state index contributed by atoms with van der Waals surface area (Å²) in [5, 5.41) is 0. The van der Waals surface area contributed by atoms with Crippen LogP contribution in [-0.2, 0) is 9.47 Å². The van der Waals surface area contributed by atoms with Gasteiger partial charge in [-0.3, -0.25) is 4.90 Å². The van der Waals surface area contributed by atoms with Gasteiger partial charge < -0.3 is 9.47 Å². The van der Waals surface area contributed by atoms with Gasteiger partial charge in [-0.05, 0) is 13.3 Å². The molecule has 1 saturated heterocycles. The highest BCUT2D eigenvalue weighted by Gasteiger charge is 2.15. The lowest BCUT2D eigenvalue weighted by molar-refractivity contribution is -0.0269. The summed E-state index contributed by atoms with van der Waals surface area (Å²) >= 11 is 0. The van der Waals surface area contributed by atoms with Gasteiger partial charge in [0.05, 0.1) is 19.3 Å². The summed E-state index contributed by atoms with van der Waals surface area (Å²) in [5.41, 5.74) is 0. The Balaban J connectivity index is 2.00. The molecule has 1 fully saturated rings. The Morgan fingerprint density at radius 1 is 1.46 bits per heavy atom. The van der Waals surface area contributed by atoms with Crippen LogP contribution >= 0.6 is 0 Å². The van der Waals surface area contributed by atoms with Crippen molar-refractivity contribution in [3.8, 4) is 0 Å². The van der Waals surface area contributed by atoms with Gasteiger partial charge in [-0.15, -0.1) is 0 Å². The molecule has 1 rings (SSSR count). The van der Waals surface area contributed by atoms with Crippen molar-refractivity contribution < 1.29 is 9.47 Å². The van der Waals surface area contributed by atoms with Gasteiger partial charge in [0.15, 0.2) is 0 Å². The highest BCUT2D eigenvalue weighted by atomic mass is 16.5. The zero-order valence-corrected chi connectivity index (χ0v) is 8.79. The Kier molecular flexibility index (Phi) is 5.35. The van der Waals surface area contributed by atoms with Crippen LogP contribution in [0.5, 0.6) is 0 Å². The summed E-state index contributed by atoms with van der Waals surface area (Å²) in [6.07, 6.45) is 1.50. The van der Waals surface area contributed by atoms with Crippen molar-refractivity contribution in [2.24, 2.45) is 0 Å². The molecule has 0 radical (unpaired) electrons. The monoisotopic (exact) mass is 187 g/mol. The lowest BCUT2D eigenvalue weighted by Crippen LogP contribution is -2.42. The molecule has 1 unspecified atom stereocenters. The van der Waals surface area contributed by atoms with E-state index in [2.05, 4.69) is 18.7 Å². The molecule has 1 aliphatic heterocycles. The number of hydrogen-bond acceptors (Lipinski definition) is 3. The highest BCUT2D eigenvalue weighted by molar-refractivity contribution is 4.67. The van der Waals surface area contributed by atoms with Crippen LogP contribution in [0, 0.1) is 0 Å². The SMILES string of the molecule is CCCOCCN1CCOC(C)C1. The van der Waals surface area contributed by atoms with Crippen molar-refractivity contribution in [1.82, 2.24) is 4.90 Å². The second-order valence-electron chi connectivity index (χ2n) is 3.59. The van der Waals surface area contributed by atoms with Gasteiger partial charge in [0.1, 0.15) is 0 Å². The van der Waals surface area contributed by atoms with Gasteiger partial charge in [-0.1, -0.05) is 6.92 Å². The third kappa shape index (κ3) is 4.60. The number of morpholine rings is 1. The van der Waals surface area contributed by atoms with E-state index in [9.17, 15) is 0 Å². The predicted molar refractivity (Wildman–Crippen MR) is 53.0 cm³/mol. The molecule has 0 aliphatic carbocycles. The van der Waals surface area contributed by atoms with Gasteiger partial charge in [0, 0.05) is 26.2 Å². The largest absolute Gasteiger partial charge is 0.380 e. The number of nitrogens with zero attached hydrogens (tertiary/aromatic N) is 1. The van der Waals surface area contributed by atoms with Crippen LogP contribution in [0.1, 0.15) is 20.3 Å². The molecule has 0 saturated carbocycles.